The predicted molar refractivity (Wildman–Crippen MR) is 54.7 cm³/mol. The Labute approximate surface area is 91.7 Å². The first-order chi connectivity index (χ1) is 7.77. The molecule has 0 radical (unpaired) electrons. The monoisotopic (exact) mass is 221 g/mol. The fourth-order valence-corrected chi connectivity index (χ4v) is 1.27. The van der Waals surface area contributed by atoms with Gasteiger partial charge >= 0.3 is 0 Å². The summed E-state index contributed by atoms with van der Waals surface area (Å²) >= 11 is 0. The summed E-state index contributed by atoms with van der Waals surface area (Å²) < 4.78 is 9.89. The van der Waals surface area contributed by atoms with Crippen LogP contribution in [0.15, 0.2) is 45.6 Å². The quantitative estimate of drug-likeness (QED) is 0.816. The lowest BCUT2D eigenvalue weighted by Gasteiger charge is -2.08. The van der Waals surface area contributed by atoms with Crippen molar-refractivity contribution in [1.82, 2.24) is 5.32 Å². The molecule has 1 unspecified atom stereocenters. The highest BCUT2D eigenvalue weighted by atomic mass is 16.4. The minimum absolute atomic E-state index is 0.0764. The first-order valence-electron chi connectivity index (χ1n) is 4.80. The molecule has 2 rings (SSSR count). The topological polar surface area (TPSA) is 75.6 Å². The van der Waals surface area contributed by atoms with E-state index in [9.17, 15) is 9.90 Å². The largest absolute Gasteiger partial charge is 0.467 e. The van der Waals surface area contributed by atoms with Gasteiger partial charge in [-0.1, -0.05) is 0 Å². The zero-order chi connectivity index (χ0) is 11.4. The lowest BCUT2D eigenvalue weighted by atomic mass is 10.2. The Balaban J connectivity index is 1.86. The smallest absolute Gasteiger partial charge is 0.287 e. The van der Waals surface area contributed by atoms with Gasteiger partial charge in [-0.2, -0.15) is 0 Å². The van der Waals surface area contributed by atoms with Crippen molar-refractivity contribution in [1.29, 1.82) is 0 Å². The fourth-order valence-electron chi connectivity index (χ4n) is 1.27. The van der Waals surface area contributed by atoms with Gasteiger partial charge in [0.05, 0.1) is 19.1 Å². The van der Waals surface area contributed by atoms with E-state index in [1.54, 1.807) is 24.3 Å². The van der Waals surface area contributed by atoms with Gasteiger partial charge in [0, 0.05) is 0 Å². The standard InChI is InChI=1S/C11H11NO4/c13-8(9-3-1-5-15-9)7-12-11(14)10-4-2-6-16-10/h1-6,8,13H,7H2,(H,12,14). The Morgan fingerprint density at radius 2 is 2.06 bits per heavy atom. The van der Waals surface area contributed by atoms with Crippen molar-refractivity contribution in [2.75, 3.05) is 6.54 Å². The molecule has 84 valence electrons. The molecule has 0 aliphatic heterocycles. The van der Waals surface area contributed by atoms with Gasteiger partial charge < -0.3 is 19.3 Å². The highest BCUT2D eigenvalue weighted by Crippen LogP contribution is 2.11. The molecule has 1 atom stereocenters. The van der Waals surface area contributed by atoms with Crippen LogP contribution in [0.5, 0.6) is 0 Å². The van der Waals surface area contributed by atoms with Crippen LogP contribution in [0.3, 0.4) is 0 Å². The average molecular weight is 221 g/mol. The van der Waals surface area contributed by atoms with Crippen LogP contribution in [-0.2, 0) is 0 Å². The summed E-state index contributed by atoms with van der Waals surface area (Å²) in [4.78, 5) is 11.4. The summed E-state index contributed by atoms with van der Waals surface area (Å²) in [6.07, 6.45) is 2.03. The molecule has 5 nitrogen and oxygen atoms in total. The molecule has 0 saturated carbocycles. The van der Waals surface area contributed by atoms with Crippen molar-refractivity contribution in [2.45, 2.75) is 6.10 Å². The van der Waals surface area contributed by atoms with Gasteiger partial charge in [-0.25, -0.2) is 0 Å². The zero-order valence-electron chi connectivity index (χ0n) is 8.42. The maximum atomic E-state index is 11.4. The molecule has 2 aromatic heterocycles. The van der Waals surface area contributed by atoms with Gasteiger partial charge in [-0.3, -0.25) is 4.79 Å². The number of rotatable bonds is 4. The van der Waals surface area contributed by atoms with E-state index in [1.807, 2.05) is 0 Å². The Kier molecular flexibility index (Phi) is 3.07. The third kappa shape index (κ3) is 2.32. The van der Waals surface area contributed by atoms with E-state index in [0.29, 0.717) is 5.76 Å². The Morgan fingerprint density at radius 1 is 1.31 bits per heavy atom. The molecule has 2 heterocycles. The molecule has 0 spiro atoms. The van der Waals surface area contributed by atoms with Crippen molar-refractivity contribution < 1.29 is 18.7 Å². The number of carbonyl (C=O) groups is 1. The van der Waals surface area contributed by atoms with Gasteiger partial charge in [0.25, 0.3) is 5.91 Å². The molecule has 0 bridgehead atoms. The SMILES string of the molecule is O=C(NCC(O)c1ccco1)c1ccco1. The normalized spacial score (nSPS) is 12.3. The van der Waals surface area contributed by atoms with Crippen LogP contribution in [0.25, 0.3) is 0 Å². The van der Waals surface area contributed by atoms with Gasteiger partial charge in [-0.05, 0) is 24.3 Å². The molecule has 5 heteroatoms. The summed E-state index contributed by atoms with van der Waals surface area (Å²) in [6, 6.07) is 6.49. The molecular weight excluding hydrogens is 210 g/mol. The number of aliphatic hydroxyl groups is 1. The number of hydrogen-bond acceptors (Lipinski definition) is 4. The minimum atomic E-state index is -0.853. The summed E-state index contributed by atoms with van der Waals surface area (Å²) in [6.45, 7) is 0.0764. The molecule has 1 amide bonds. The average Bonchev–Trinajstić information content (AvgIpc) is 2.95. The van der Waals surface area contributed by atoms with E-state index >= 15 is 0 Å². The van der Waals surface area contributed by atoms with E-state index in [0.717, 1.165) is 0 Å². The lowest BCUT2D eigenvalue weighted by Crippen LogP contribution is -2.27. The number of amides is 1. The first kappa shape index (κ1) is 10.5. The van der Waals surface area contributed by atoms with Crippen LogP contribution in [0.1, 0.15) is 22.4 Å². The van der Waals surface area contributed by atoms with Crippen LogP contribution < -0.4 is 5.32 Å². The van der Waals surface area contributed by atoms with Crippen molar-refractivity contribution in [3.8, 4) is 0 Å². The molecule has 16 heavy (non-hydrogen) atoms. The number of carbonyl (C=O) groups excluding carboxylic acids is 1. The van der Waals surface area contributed by atoms with Crippen molar-refractivity contribution >= 4 is 5.91 Å². The summed E-state index contributed by atoms with van der Waals surface area (Å²) in [7, 11) is 0. The summed E-state index contributed by atoms with van der Waals surface area (Å²) in [5.74, 6) is 0.266. The van der Waals surface area contributed by atoms with E-state index < -0.39 is 6.10 Å². The Hall–Kier alpha value is -2.01. The molecule has 2 N–H and O–H groups in total. The van der Waals surface area contributed by atoms with Gasteiger partial charge in [0.15, 0.2) is 5.76 Å². The molecule has 2 aromatic rings. The molecule has 0 fully saturated rings. The highest BCUT2D eigenvalue weighted by molar-refractivity contribution is 5.91. The van der Waals surface area contributed by atoms with Gasteiger partial charge in [0.2, 0.25) is 0 Å². The molecule has 0 aromatic carbocycles. The maximum absolute atomic E-state index is 11.4. The maximum Gasteiger partial charge on any atom is 0.287 e. The Morgan fingerprint density at radius 3 is 2.69 bits per heavy atom. The number of hydrogen-bond donors (Lipinski definition) is 2. The molecule has 0 aliphatic rings. The van der Waals surface area contributed by atoms with E-state index in [-0.39, 0.29) is 18.2 Å². The van der Waals surface area contributed by atoms with Gasteiger partial charge in [-0.15, -0.1) is 0 Å². The lowest BCUT2D eigenvalue weighted by molar-refractivity contribution is 0.0874. The number of furan rings is 2. The van der Waals surface area contributed by atoms with Crippen LogP contribution >= 0.6 is 0 Å². The van der Waals surface area contributed by atoms with Crippen LogP contribution in [0.4, 0.5) is 0 Å². The highest BCUT2D eigenvalue weighted by Gasteiger charge is 2.13. The number of aliphatic hydroxyl groups excluding tert-OH is 1. The van der Waals surface area contributed by atoms with E-state index in [2.05, 4.69) is 5.32 Å². The second-order valence-corrected chi connectivity index (χ2v) is 3.22. The van der Waals surface area contributed by atoms with Crippen molar-refractivity contribution in [3.05, 3.63) is 48.3 Å². The van der Waals surface area contributed by atoms with Crippen molar-refractivity contribution in [3.63, 3.8) is 0 Å². The fraction of sp³-hybridized carbons (Fsp3) is 0.182. The molecular formula is C11H11NO4. The third-order valence-corrected chi connectivity index (χ3v) is 2.07. The van der Waals surface area contributed by atoms with Crippen LogP contribution in [0.2, 0.25) is 0 Å². The van der Waals surface area contributed by atoms with E-state index in [4.69, 9.17) is 8.83 Å². The van der Waals surface area contributed by atoms with Crippen LogP contribution in [0, 0.1) is 0 Å². The second kappa shape index (κ2) is 4.67. The zero-order valence-corrected chi connectivity index (χ0v) is 8.42. The van der Waals surface area contributed by atoms with Gasteiger partial charge in [0.1, 0.15) is 11.9 Å². The summed E-state index contributed by atoms with van der Waals surface area (Å²) in [5, 5.41) is 12.1. The molecule has 0 saturated heterocycles. The third-order valence-electron chi connectivity index (χ3n) is 2.07. The first-order valence-corrected chi connectivity index (χ1v) is 4.80. The van der Waals surface area contributed by atoms with Crippen molar-refractivity contribution in [2.24, 2.45) is 0 Å². The Bertz CT molecular complexity index is 433. The number of nitrogens with one attached hydrogen (secondary N) is 1. The second-order valence-electron chi connectivity index (χ2n) is 3.22. The molecule has 0 aliphatic carbocycles. The predicted octanol–water partition coefficient (Wildman–Crippen LogP) is 1.34. The van der Waals surface area contributed by atoms with E-state index in [1.165, 1.54) is 12.5 Å². The summed E-state index contributed by atoms with van der Waals surface area (Å²) in [5.41, 5.74) is 0. The minimum Gasteiger partial charge on any atom is -0.467 e. The van der Waals surface area contributed by atoms with Crippen LogP contribution in [-0.4, -0.2) is 17.6 Å².